The Hall–Kier alpha value is -3.03. The predicted octanol–water partition coefficient (Wildman–Crippen LogP) is 1.93. The summed E-state index contributed by atoms with van der Waals surface area (Å²) >= 11 is 0. The molecular formula is C21H24N2O6. The van der Waals surface area contributed by atoms with E-state index in [1.165, 1.54) is 19.9 Å². The number of hydrogen-bond donors (Lipinski definition) is 1. The maximum absolute atomic E-state index is 12.4. The maximum Gasteiger partial charge on any atom is 0.326 e. The molecular weight excluding hydrogens is 376 g/mol. The van der Waals surface area contributed by atoms with Gasteiger partial charge >= 0.3 is 5.97 Å². The summed E-state index contributed by atoms with van der Waals surface area (Å²) in [6, 6.07) is 6.40. The Bertz CT molecular complexity index is 840. The second-order valence-electron chi connectivity index (χ2n) is 7.52. The zero-order valence-corrected chi connectivity index (χ0v) is 16.5. The minimum absolute atomic E-state index is 0.138. The van der Waals surface area contributed by atoms with Gasteiger partial charge in [0.25, 0.3) is 5.91 Å². The number of likely N-dealkylation sites (tertiary alicyclic amines) is 1. The third-order valence-corrected chi connectivity index (χ3v) is 5.43. The molecule has 1 saturated heterocycles. The summed E-state index contributed by atoms with van der Waals surface area (Å²) in [5, 5.41) is 2.58. The van der Waals surface area contributed by atoms with E-state index in [4.69, 9.17) is 4.74 Å². The quantitative estimate of drug-likeness (QED) is 0.444. The number of carbonyl (C=O) groups excluding carboxylic acids is 5. The Morgan fingerprint density at radius 1 is 1.14 bits per heavy atom. The minimum atomic E-state index is -1.13. The van der Waals surface area contributed by atoms with Crippen molar-refractivity contribution in [3.8, 4) is 0 Å². The van der Waals surface area contributed by atoms with E-state index in [-0.39, 0.29) is 29.4 Å². The molecule has 0 bridgehead atoms. The average Bonchev–Trinajstić information content (AvgIpc) is 2.93. The molecule has 2 aliphatic rings. The Morgan fingerprint density at radius 2 is 1.76 bits per heavy atom. The summed E-state index contributed by atoms with van der Waals surface area (Å²) in [6.45, 7) is 2.33. The number of amides is 3. The van der Waals surface area contributed by atoms with Gasteiger partial charge in [-0.05, 0) is 38.8 Å². The van der Waals surface area contributed by atoms with Crippen molar-refractivity contribution in [3.05, 3.63) is 29.8 Å². The summed E-state index contributed by atoms with van der Waals surface area (Å²) in [7, 11) is 0. The van der Waals surface area contributed by atoms with Crippen LogP contribution in [0.1, 0.15) is 49.9 Å². The van der Waals surface area contributed by atoms with Crippen LogP contribution in [0.2, 0.25) is 0 Å². The molecule has 3 atom stereocenters. The van der Waals surface area contributed by atoms with E-state index in [1.54, 1.807) is 18.2 Å². The van der Waals surface area contributed by atoms with Gasteiger partial charge in [0.15, 0.2) is 11.9 Å². The van der Waals surface area contributed by atoms with Gasteiger partial charge in [-0.3, -0.25) is 28.9 Å². The SMILES string of the molecule is CC(=O)c1cccc(NC(=O)[C@H](C)OC(=O)CN2C(=O)[C@H]3CCCC[C@@H]3C2=O)c1. The van der Waals surface area contributed by atoms with Crippen LogP contribution in [0.5, 0.6) is 0 Å². The predicted molar refractivity (Wildman–Crippen MR) is 103 cm³/mol. The van der Waals surface area contributed by atoms with Gasteiger partial charge in [0.2, 0.25) is 11.8 Å². The molecule has 0 radical (unpaired) electrons. The fraction of sp³-hybridized carbons (Fsp3) is 0.476. The summed E-state index contributed by atoms with van der Waals surface area (Å²) in [5.41, 5.74) is 0.847. The summed E-state index contributed by atoms with van der Waals surface area (Å²) in [4.78, 5) is 61.7. The van der Waals surface area contributed by atoms with Gasteiger partial charge in [-0.25, -0.2) is 0 Å². The molecule has 0 spiro atoms. The Kier molecular flexibility index (Phi) is 6.10. The molecule has 8 nitrogen and oxygen atoms in total. The van der Waals surface area contributed by atoms with Gasteiger partial charge in [-0.15, -0.1) is 0 Å². The normalized spacial score (nSPS) is 22.1. The average molecular weight is 400 g/mol. The number of ketones is 1. The van der Waals surface area contributed by atoms with Crippen LogP contribution in [0, 0.1) is 11.8 Å². The lowest BCUT2D eigenvalue weighted by Crippen LogP contribution is -2.39. The molecule has 0 aromatic heterocycles. The number of esters is 1. The molecule has 1 aliphatic heterocycles. The van der Waals surface area contributed by atoms with Crippen molar-refractivity contribution >= 4 is 35.2 Å². The zero-order valence-electron chi connectivity index (χ0n) is 16.5. The molecule has 2 fully saturated rings. The second kappa shape index (κ2) is 8.55. The molecule has 1 saturated carbocycles. The van der Waals surface area contributed by atoms with Gasteiger partial charge in [-0.1, -0.05) is 25.0 Å². The molecule has 154 valence electrons. The maximum atomic E-state index is 12.4. The third kappa shape index (κ3) is 4.52. The standard InChI is InChI=1S/C21H24N2O6/c1-12(24)14-6-5-7-15(10-14)22-19(26)13(2)29-18(25)11-23-20(27)16-8-3-4-9-17(16)21(23)28/h5-7,10,13,16-17H,3-4,8-9,11H2,1-2H3,(H,22,26)/t13-,16-,17-/m0/s1. The zero-order chi connectivity index (χ0) is 21.1. The van der Waals surface area contributed by atoms with Gasteiger partial charge in [0.1, 0.15) is 6.54 Å². The smallest absolute Gasteiger partial charge is 0.326 e. The van der Waals surface area contributed by atoms with Crippen molar-refractivity contribution in [1.29, 1.82) is 0 Å². The van der Waals surface area contributed by atoms with Crippen LogP contribution in [-0.2, 0) is 23.9 Å². The molecule has 8 heteroatoms. The number of ether oxygens (including phenoxy) is 1. The first-order chi connectivity index (χ1) is 13.8. The van der Waals surface area contributed by atoms with Crippen LogP contribution in [0.25, 0.3) is 0 Å². The van der Waals surface area contributed by atoms with Gasteiger partial charge in [-0.2, -0.15) is 0 Å². The largest absolute Gasteiger partial charge is 0.451 e. The van der Waals surface area contributed by atoms with E-state index >= 15 is 0 Å². The lowest BCUT2D eigenvalue weighted by atomic mass is 9.81. The highest BCUT2D eigenvalue weighted by Crippen LogP contribution is 2.37. The molecule has 3 amide bonds. The Morgan fingerprint density at radius 3 is 2.34 bits per heavy atom. The Labute approximate surface area is 168 Å². The van der Waals surface area contributed by atoms with E-state index in [0.717, 1.165) is 17.7 Å². The highest BCUT2D eigenvalue weighted by atomic mass is 16.5. The number of fused-ring (bicyclic) bond motifs is 1. The third-order valence-electron chi connectivity index (χ3n) is 5.43. The number of rotatable bonds is 6. The first kappa shape index (κ1) is 20.7. The number of imide groups is 1. The number of carbonyl (C=O) groups is 5. The van der Waals surface area contributed by atoms with Crippen LogP contribution in [-0.4, -0.2) is 47.0 Å². The van der Waals surface area contributed by atoms with Crippen molar-refractivity contribution in [2.75, 3.05) is 11.9 Å². The minimum Gasteiger partial charge on any atom is -0.451 e. The number of anilines is 1. The van der Waals surface area contributed by atoms with E-state index in [1.807, 2.05) is 0 Å². The summed E-state index contributed by atoms with van der Waals surface area (Å²) in [6.07, 6.45) is 2.01. The van der Waals surface area contributed by atoms with Crippen molar-refractivity contribution in [1.82, 2.24) is 4.90 Å². The number of benzene rings is 1. The number of hydrogen-bond acceptors (Lipinski definition) is 6. The molecule has 0 unspecified atom stereocenters. The van der Waals surface area contributed by atoms with E-state index < -0.39 is 24.5 Å². The number of nitrogens with one attached hydrogen (secondary N) is 1. The molecule has 1 heterocycles. The number of Topliss-reactive ketones (excluding diaryl/α,β-unsaturated/α-hetero) is 1. The fourth-order valence-corrected chi connectivity index (χ4v) is 3.86. The molecule has 3 rings (SSSR count). The topological polar surface area (TPSA) is 110 Å². The second-order valence-corrected chi connectivity index (χ2v) is 7.52. The van der Waals surface area contributed by atoms with Crippen LogP contribution in [0.4, 0.5) is 5.69 Å². The van der Waals surface area contributed by atoms with Crippen molar-refractivity contribution < 1.29 is 28.7 Å². The monoisotopic (exact) mass is 400 g/mol. The molecule has 1 N–H and O–H groups in total. The number of nitrogens with zero attached hydrogens (tertiary/aromatic N) is 1. The molecule has 29 heavy (non-hydrogen) atoms. The van der Waals surface area contributed by atoms with Crippen molar-refractivity contribution in [3.63, 3.8) is 0 Å². The van der Waals surface area contributed by atoms with Crippen LogP contribution in [0.3, 0.4) is 0 Å². The van der Waals surface area contributed by atoms with E-state index in [0.29, 0.717) is 24.1 Å². The fourth-order valence-electron chi connectivity index (χ4n) is 3.86. The van der Waals surface area contributed by atoms with Crippen LogP contribution in [0.15, 0.2) is 24.3 Å². The van der Waals surface area contributed by atoms with Crippen LogP contribution < -0.4 is 5.32 Å². The summed E-state index contributed by atoms with van der Waals surface area (Å²) in [5.74, 6) is -2.85. The van der Waals surface area contributed by atoms with Gasteiger partial charge in [0.05, 0.1) is 11.8 Å². The van der Waals surface area contributed by atoms with Crippen molar-refractivity contribution in [2.45, 2.75) is 45.6 Å². The first-order valence-corrected chi connectivity index (χ1v) is 9.74. The van der Waals surface area contributed by atoms with E-state index in [9.17, 15) is 24.0 Å². The molecule has 1 aromatic carbocycles. The highest BCUT2D eigenvalue weighted by molar-refractivity contribution is 6.07. The Balaban J connectivity index is 1.55. The first-order valence-electron chi connectivity index (χ1n) is 9.74. The van der Waals surface area contributed by atoms with Crippen LogP contribution >= 0.6 is 0 Å². The van der Waals surface area contributed by atoms with E-state index in [2.05, 4.69) is 5.32 Å². The lowest BCUT2D eigenvalue weighted by Gasteiger charge is -2.19. The van der Waals surface area contributed by atoms with Gasteiger partial charge < -0.3 is 10.1 Å². The van der Waals surface area contributed by atoms with Crippen molar-refractivity contribution in [2.24, 2.45) is 11.8 Å². The highest BCUT2D eigenvalue weighted by Gasteiger charge is 2.48. The summed E-state index contributed by atoms with van der Waals surface area (Å²) < 4.78 is 5.11. The lowest BCUT2D eigenvalue weighted by molar-refractivity contribution is -0.158. The molecule has 1 aliphatic carbocycles. The van der Waals surface area contributed by atoms with Gasteiger partial charge in [0, 0.05) is 11.3 Å². The molecule has 1 aromatic rings.